The van der Waals surface area contributed by atoms with E-state index >= 15 is 0 Å². The predicted molar refractivity (Wildman–Crippen MR) is 75.6 cm³/mol. The van der Waals surface area contributed by atoms with E-state index in [4.69, 9.17) is 0 Å². The van der Waals surface area contributed by atoms with E-state index in [-0.39, 0.29) is 5.82 Å². The molecule has 0 unspecified atom stereocenters. The van der Waals surface area contributed by atoms with Crippen molar-refractivity contribution in [2.45, 2.75) is 6.54 Å². The summed E-state index contributed by atoms with van der Waals surface area (Å²) in [6, 6.07) is 12.5. The summed E-state index contributed by atoms with van der Waals surface area (Å²) in [7, 11) is 0. The molecule has 0 bridgehead atoms. The summed E-state index contributed by atoms with van der Waals surface area (Å²) < 4.78 is 15.0. The summed E-state index contributed by atoms with van der Waals surface area (Å²) in [5.74, 6) is -0.223. The summed E-state index contributed by atoms with van der Waals surface area (Å²) in [5.41, 5.74) is 1.89. The molecular formula is C13H10Br2FN. The zero-order valence-electron chi connectivity index (χ0n) is 8.88. The molecule has 2 aromatic rings. The lowest BCUT2D eigenvalue weighted by molar-refractivity contribution is 0.625. The molecule has 1 N–H and O–H groups in total. The molecule has 2 aromatic carbocycles. The Morgan fingerprint density at radius 2 is 1.88 bits per heavy atom. The average Bonchev–Trinajstić information content (AvgIpc) is 2.30. The number of nitrogens with one attached hydrogen (secondary N) is 1. The fourth-order valence-electron chi connectivity index (χ4n) is 1.47. The Labute approximate surface area is 116 Å². The van der Waals surface area contributed by atoms with Gasteiger partial charge < -0.3 is 5.32 Å². The molecule has 0 aliphatic rings. The number of hydrogen-bond donors (Lipinski definition) is 1. The maximum absolute atomic E-state index is 13.1. The average molecular weight is 359 g/mol. The first kappa shape index (κ1) is 12.6. The fourth-order valence-corrected chi connectivity index (χ4v) is 2.26. The standard InChI is InChI=1S/C13H10Br2FN/c14-10-2-1-3-12(7-10)17-8-9-6-11(16)4-5-13(9)15/h1-7,17H,8H2. The predicted octanol–water partition coefficient (Wildman–Crippen LogP) is 4.96. The van der Waals surface area contributed by atoms with Crippen molar-refractivity contribution in [2.75, 3.05) is 5.32 Å². The molecule has 4 heteroatoms. The Morgan fingerprint density at radius 3 is 2.65 bits per heavy atom. The van der Waals surface area contributed by atoms with Crippen LogP contribution in [0.3, 0.4) is 0 Å². The largest absolute Gasteiger partial charge is 0.381 e. The van der Waals surface area contributed by atoms with Crippen LogP contribution in [-0.4, -0.2) is 0 Å². The molecule has 1 nitrogen and oxygen atoms in total. The third-order valence-electron chi connectivity index (χ3n) is 2.32. The zero-order chi connectivity index (χ0) is 12.3. The molecule has 0 radical (unpaired) electrons. The Morgan fingerprint density at radius 1 is 1.06 bits per heavy atom. The second kappa shape index (κ2) is 5.65. The molecule has 0 saturated carbocycles. The molecule has 0 spiro atoms. The SMILES string of the molecule is Fc1ccc(Br)c(CNc2cccc(Br)c2)c1. The number of anilines is 1. The minimum absolute atomic E-state index is 0.223. The van der Waals surface area contributed by atoms with Gasteiger partial charge in [0.1, 0.15) is 5.82 Å². The van der Waals surface area contributed by atoms with Crippen molar-refractivity contribution >= 4 is 37.5 Å². The highest BCUT2D eigenvalue weighted by Crippen LogP contribution is 2.20. The van der Waals surface area contributed by atoms with E-state index in [0.717, 1.165) is 20.2 Å². The van der Waals surface area contributed by atoms with Crippen LogP contribution in [0.25, 0.3) is 0 Å². The van der Waals surface area contributed by atoms with Crippen molar-refractivity contribution in [1.29, 1.82) is 0 Å². The molecule has 0 aliphatic heterocycles. The molecule has 0 aromatic heterocycles. The second-order valence-corrected chi connectivity index (χ2v) is 5.37. The minimum Gasteiger partial charge on any atom is -0.381 e. The van der Waals surface area contributed by atoms with Crippen LogP contribution in [-0.2, 0) is 6.54 Å². The van der Waals surface area contributed by atoms with Crippen molar-refractivity contribution < 1.29 is 4.39 Å². The Balaban J connectivity index is 2.09. The fraction of sp³-hybridized carbons (Fsp3) is 0.0769. The lowest BCUT2D eigenvalue weighted by Gasteiger charge is -2.08. The van der Waals surface area contributed by atoms with E-state index in [1.54, 1.807) is 6.07 Å². The van der Waals surface area contributed by atoms with Gasteiger partial charge in [0.2, 0.25) is 0 Å². The summed E-state index contributed by atoms with van der Waals surface area (Å²) in [6.07, 6.45) is 0. The molecule has 0 heterocycles. The summed E-state index contributed by atoms with van der Waals surface area (Å²) >= 11 is 6.81. The smallest absolute Gasteiger partial charge is 0.123 e. The van der Waals surface area contributed by atoms with E-state index in [2.05, 4.69) is 37.2 Å². The van der Waals surface area contributed by atoms with Gasteiger partial charge in [-0.3, -0.25) is 0 Å². The van der Waals surface area contributed by atoms with Crippen molar-refractivity contribution in [3.8, 4) is 0 Å². The first-order valence-electron chi connectivity index (χ1n) is 5.08. The molecule has 0 amide bonds. The van der Waals surface area contributed by atoms with Crippen molar-refractivity contribution in [1.82, 2.24) is 0 Å². The zero-order valence-corrected chi connectivity index (χ0v) is 12.1. The van der Waals surface area contributed by atoms with Crippen LogP contribution in [0.5, 0.6) is 0 Å². The topological polar surface area (TPSA) is 12.0 Å². The van der Waals surface area contributed by atoms with Crippen LogP contribution in [0.1, 0.15) is 5.56 Å². The first-order chi connectivity index (χ1) is 8.15. The van der Waals surface area contributed by atoms with E-state index in [9.17, 15) is 4.39 Å². The van der Waals surface area contributed by atoms with Gasteiger partial charge in [-0.25, -0.2) is 4.39 Å². The van der Waals surface area contributed by atoms with Crippen molar-refractivity contribution in [3.63, 3.8) is 0 Å². The number of rotatable bonds is 3. The first-order valence-corrected chi connectivity index (χ1v) is 6.67. The highest BCUT2D eigenvalue weighted by atomic mass is 79.9. The Hall–Kier alpha value is -0.870. The van der Waals surface area contributed by atoms with Crippen LogP contribution in [0.2, 0.25) is 0 Å². The van der Waals surface area contributed by atoms with E-state index in [1.165, 1.54) is 12.1 Å². The lowest BCUT2D eigenvalue weighted by Crippen LogP contribution is -2.00. The normalized spacial score (nSPS) is 10.3. The minimum atomic E-state index is -0.223. The third-order valence-corrected chi connectivity index (χ3v) is 3.58. The van der Waals surface area contributed by atoms with Gasteiger partial charge >= 0.3 is 0 Å². The molecule has 0 aliphatic carbocycles. The van der Waals surface area contributed by atoms with Gasteiger partial charge in [0, 0.05) is 21.2 Å². The third kappa shape index (κ3) is 3.54. The molecular weight excluding hydrogens is 349 g/mol. The highest BCUT2D eigenvalue weighted by Gasteiger charge is 2.01. The Bertz CT molecular complexity index is 529. The number of halogens is 3. The van der Waals surface area contributed by atoms with Crippen LogP contribution in [0.15, 0.2) is 51.4 Å². The summed E-state index contributed by atoms with van der Waals surface area (Å²) in [4.78, 5) is 0. The van der Waals surface area contributed by atoms with Crippen LogP contribution < -0.4 is 5.32 Å². The van der Waals surface area contributed by atoms with E-state index < -0.39 is 0 Å². The number of benzene rings is 2. The van der Waals surface area contributed by atoms with Gasteiger partial charge in [-0.15, -0.1) is 0 Å². The van der Waals surface area contributed by atoms with Crippen molar-refractivity contribution in [3.05, 3.63) is 62.8 Å². The maximum Gasteiger partial charge on any atom is 0.123 e. The highest BCUT2D eigenvalue weighted by molar-refractivity contribution is 9.10. The van der Waals surface area contributed by atoms with E-state index in [1.807, 2.05) is 24.3 Å². The number of hydrogen-bond acceptors (Lipinski definition) is 1. The van der Waals surface area contributed by atoms with Gasteiger partial charge in [-0.1, -0.05) is 37.9 Å². The van der Waals surface area contributed by atoms with Gasteiger partial charge in [0.15, 0.2) is 0 Å². The van der Waals surface area contributed by atoms with Crippen LogP contribution in [0.4, 0.5) is 10.1 Å². The van der Waals surface area contributed by atoms with Crippen molar-refractivity contribution in [2.24, 2.45) is 0 Å². The molecule has 88 valence electrons. The summed E-state index contributed by atoms with van der Waals surface area (Å²) in [6.45, 7) is 0.578. The Kier molecular flexibility index (Phi) is 4.18. The van der Waals surface area contributed by atoms with Crippen LogP contribution >= 0.6 is 31.9 Å². The van der Waals surface area contributed by atoms with E-state index in [0.29, 0.717) is 6.54 Å². The second-order valence-electron chi connectivity index (χ2n) is 3.60. The molecule has 2 rings (SSSR count). The molecule has 0 atom stereocenters. The summed E-state index contributed by atoms with van der Waals surface area (Å²) in [5, 5.41) is 3.24. The molecule has 0 saturated heterocycles. The van der Waals surface area contributed by atoms with Crippen LogP contribution in [0, 0.1) is 5.82 Å². The maximum atomic E-state index is 13.1. The lowest BCUT2D eigenvalue weighted by atomic mass is 10.2. The molecule has 0 fully saturated rings. The van der Waals surface area contributed by atoms with Gasteiger partial charge in [0.25, 0.3) is 0 Å². The van der Waals surface area contributed by atoms with Gasteiger partial charge in [-0.2, -0.15) is 0 Å². The monoisotopic (exact) mass is 357 g/mol. The van der Waals surface area contributed by atoms with Gasteiger partial charge in [0.05, 0.1) is 0 Å². The molecule has 17 heavy (non-hydrogen) atoms. The van der Waals surface area contributed by atoms with Gasteiger partial charge in [-0.05, 0) is 42.0 Å². The quantitative estimate of drug-likeness (QED) is 0.817.